The number of carbonyl (C=O) groups is 4. The summed E-state index contributed by atoms with van der Waals surface area (Å²) in [4.78, 5) is 48.2. The summed E-state index contributed by atoms with van der Waals surface area (Å²) in [5, 5.41) is 21.8. The molecule has 3 rings (SSSR count). The molecule has 44 heavy (non-hydrogen) atoms. The van der Waals surface area contributed by atoms with Crippen molar-refractivity contribution in [2.75, 3.05) is 71.8 Å². The molecule has 0 radical (unpaired) electrons. The van der Waals surface area contributed by atoms with Crippen molar-refractivity contribution in [3.05, 3.63) is 0 Å². The van der Waals surface area contributed by atoms with Gasteiger partial charge in [0.1, 0.15) is 29.6 Å². The highest BCUT2D eigenvalue weighted by molar-refractivity contribution is 8.00. The van der Waals surface area contributed by atoms with Crippen molar-refractivity contribution in [3.63, 3.8) is 0 Å². The van der Waals surface area contributed by atoms with Crippen molar-refractivity contribution < 1.29 is 71.0 Å². The number of nitrogens with two attached hydrogens (primary N) is 1. The number of carbonyl (C=O) groups excluding carboxylic acids is 4. The molecule has 3 aliphatic rings. The molecular formula is C25H38F3N3O12S. The number of imide groups is 1. The number of aliphatic hydroxyl groups is 2. The zero-order valence-electron chi connectivity index (χ0n) is 24.0. The van der Waals surface area contributed by atoms with Gasteiger partial charge in [-0.15, -0.1) is 11.8 Å². The number of hydrogen-bond donors (Lipinski definition) is 4. The summed E-state index contributed by atoms with van der Waals surface area (Å²) in [7, 11) is 0. The summed E-state index contributed by atoms with van der Waals surface area (Å²) in [6.07, 6.45) is -9.99. The Morgan fingerprint density at radius 2 is 1.68 bits per heavy atom. The van der Waals surface area contributed by atoms with Gasteiger partial charge in [0, 0.05) is 12.2 Å². The Morgan fingerprint density at radius 1 is 1.09 bits per heavy atom. The quantitative estimate of drug-likeness (QED) is 0.0851. The summed E-state index contributed by atoms with van der Waals surface area (Å²) in [5.74, 6) is -2.83. The molecule has 3 fully saturated rings. The van der Waals surface area contributed by atoms with Gasteiger partial charge in [-0.3, -0.25) is 24.1 Å². The summed E-state index contributed by atoms with van der Waals surface area (Å²) >= 11 is 1.20. The number of ether oxygens (including phenoxy) is 6. The van der Waals surface area contributed by atoms with Gasteiger partial charge < -0.3 is 49.7 Å². The van der Waals surface area contributed by atoms with Gasteiger partial charge in [0.15, 0.2) is 6.29 Å². The van der Waals surface area contributed by atoms with E-state index in [1.54, 1.807) is 5.32 Å². The molecule has 252 valence electrons. The van der Waals surface area contributed by atoms with Crippen LogP contribution in [0.25, 0.3) is 0 Å². The van der Waals surface area contributed by atoms with E-state index >= 15 is 0 Å². The maximum absolute atomic E-state index is 12.6. The monoisotopic (exact) mass is 661 g/mol. The van der Waals surface area contributed by atoms with E-state index in [1.165, 1.54) is 18.7 Å². The van der Waals surface area contributed by atoms with Crippen LogP contribution in [0.15, 0.2) is 0 Å². The van der Waals surface area contributed by atoms with Crippen LogP contribution in [0.5, 0.6) is 0 Å². The molecule has 5 N–H and O–H groups in total. The van der Waals surface area contributed by atoms with Gasteiger partial charge >= 0.3 is 12.1 Å². The molecule has 0 spiro atoms. The summed E-state index contributed by atoms with van der Waals surface area (Å²) in [6.45, 7) is 2.25. The van der Waals surface area contributed by atoms with Gasteiger partial charge in [-0.1, -0.05) is 0 Å². The lowest BCUT2D eigenvalue weighted by molar-refractivity contribution is -0.240. The fourth-order valence-corrected chi connectivity index (χ4v) is 5.69. The summed E-state index contributed by atoms with van der Waals surface area (Å²) in [6, 6.07) is -2.30. The maximum atomic E-state index is 12.6. The number of Topliss-reactive ketones (excluding diaryl/α,β-unsaturated/α-hetero) is 1. The number of thioether (sulfide) groups is 1. The Kier molecular flexibility index (Phi) is 13.8. The van der Waals surface area contributed by atoms with E-state index in [1.807, 2.05) is 0 Å². The molecule has 3 unspecified atom stereocenters. The minimum Gasteiger partial charge on any atom is -0.388 e. The van der Waals surface area contributed by atoms with E-state index in [4.69, 9.17) is 34.2 Å². The number of fused-ring (bicyclic) bond motifs is 2. The lowest BCUT2D eigenvalue weighted by atomic mass is 9.88. The molecule has 3 heterocycles. The molecule has 7 atom stereocenters. The molecule has 2 bridgehead atoms. The van der Waals surface area contributed by atoms with Crippen LogP contribution >= 0.6 is 11.8 Å². The second kappa shape index (κ2) is 16.6. The topological polar surface area (TPSA) is 205 Å². The number of amides is 3. The normalized spacial score (nSPS) is 29.3. The molecule has 0 aromatic carbocycles. The van der Waals surface area contributed by atoms with Crippen LogP contribution in [-0.4, -0.2) is 158 Å². The third-order valence-electron chi connectivity index (χ3n) is 7.04. The lowest BCUT2D eigenvalue weighted by Gasteiger charge is -2.42. The van der Waals surface area contributed by atoms with Crippen molar-refractivity contribution in [2.45, 2.75) is 61.0 Å². The van der Waals surface area contributed by atoms with Gasteiger partial charge in [0.05, 0.1) is 77.3 Å². The Bertz CT molecular complexity index is 1010. The molecule has 0 aromatic heterocycles. The minimum atomic E-state index is -5.18. The SMILES string of the molecule is CC(=O)[C@@H](N)CSC1CC(=O)N(CCOCCOCCOCCOC[C@@]23CO[C@@H](O2)[C@@H](NC(=O)C(F)(F)F)C(O)C3O)C1=O. The van der Waals surface area contributed by atoms with E-state index in [-0.39, 0.29) is 95.8 Å². The van der Waals surface area contributed by atoms with E-state index in [2.05, 4.69) is 0 Å². The minimum absolute atomic E-state index is 0.0620. The average molecular weight is 662 g/mol. The first-order valence-electron chi connectivity index (χ1n) is 13.8. The number of likely N-dealkylation sites (tertiary alicyclic amines) is 1. The number of rotatable bonds is 19. The van der Waals surface area contributed by atoms with Crippen molar-refractivity contribution in [1.29, 1.82) is 0 Å². The fraction of sp³-hybridized carbons (Fsp3) is 0.840. The highest BCUT2D eigenvalue weighted by Crippen LogP contribution is 2.37. The number of aliphatic hydroxyl groups excluding tert-OH is 2. The molecule has 0 aromatic rings. The van der Waals surface area contributed by atoms with E-state index in [0.29, 0.717) is 0 Å². The Balaban J connectivity index is 1.18. The predicted octanol–water partition coefficient (Wildman–Crippen LogP) is -2.28. The van der Waals surface area contributed by atoms with Crippen molar-refractivity contribution in [2.24, 2.45) is 5.73 Å². The number of ketones is 1. The zero-order chi connectivity index (χ0) is 32.5. The Hall–Kier alpha value is -1.94. The van der Waals surface area contributed by atoms with Crippen LogP contribution in [0.3, 0.4) is 0 Å². The second-order valence-electron chi connectivity index (χ2n) is 10.3. The lowest BCUT2D eigenvalue weighted by Crippen LogP contribution is -2.67. The fourth-order valence-electron chi connectivity index (χ4n) is 4.49. The number of nitrogens with zero attached hydrogens (tertiary/aromatic N) is 1. The largest absolute Gasteiger partial charge is 0.471 e. The van der Waals surface area contributed by atoms with Gasteiger partial charge in [0.25, 0.3) is 0 Å². The Labute approximate surface area is 255 Å². The molecule has 3 saturated heterocycles. The van der Waals surface area contributed by atoms with E-state index in [0.717, 1.165) is 4.90 Å². The maximum Gasteiger partial charge on any atom is 0.471 e. The average Bonchev–Trinajstić information content (AvgIpc) is 3.49. The van der Waals surface area contributed by atoms with Crippen LogP contribution in [0.2, 0.25) is 0 Å². The highest BCUT2D eigenvalue weighted by Gasteiger charge is 2.60. The smallest absolute Gasteiger partial charge is 0.388 e. The van der Waals surface area contributed by atoms with Gasteiger partial charge in [0.2, 0.25) is 11.8 Å². The Morgan fingerprint density at radius 3 is 2.27 bits per heavy atom. The van der Waals surface area contributed by atoms with E-state index < -0.39 is 53.5 Å². The van der Waals surface area contributed by atoms with Crippen molar-refractivity contribution in [1.82, 2.24) is 10.2 Å². The first kappa shape index (κ1) is 36.5. The van der Waals surface area contributed by atoms with Gasteiger partial charge in [-0.25, -0.2) is 0 Å². The van der Waals surface area contributed by atoms with Crippen LogP contribution in [0, 0.1) is 0 Å². The standard InChI is InChI=1S/C25H38F3N3O12S/c1-14(32)15(29)11-44-16-10-17(33)31(21(16)36)2-3-38-4-5-39-6-7-40-8-9-41-12-24-13-42-22(43-24)18(19(34)20(24)35)30-23(37)25(26,27)28/h15-16,18-20,22,34-35H,2-13,29H2,1H3,(H,30,37)/t15-,16?,18-,19?,20?,22-,24-/m0/s1. The first-order valence-corrected chi connectivity index (χ1v) is 14.9. The molecule has 19 heteroatoms. The molecular weight excluding hydrogens is 623 g/mol. The van der Waals surface area contributed by atoms with E-state index in [9.17, 15) is 42.6 Å². The number of halogens is 3. The van der Waals surface area contributed by atoms with Crippen molar-refractivity contribution in [3.8, 4) is 0 Å². The molecule has 0 aliphatic carbocycles. The molecule has 0 saturated carbocycles. The van der Waals surface area contributed by atoms with Crippen LogP contribution in [0.4, 0.5) is 13.2 Å². The first-order chi connectivity index (χ1) is 20.8. The number of alkyl halides is 3. The zero-order valence-corrected chi connectivity index (χ0v) is 24.8. The highest BCUT2D eigenvalue weighted by atomic mass is 32.2. The second-order valence-corrected chi connectivity index (χ2v) is 11.5. The van der Waals surface area contributed by atoms with Crippen LogP contribution in [-0.2, 0) is 47.6 Å². The predicted molar refractivity (Wildman–Crippen MR) is 143 cm³/mol. The molecule has 3 amide bonds. The van der Waals surface area contributed by atoms with Crippen molar-refractivity contribution >= 4 is 35.3 Å². The third kappa shape index (κ3) is 9.78. The third-order valence-corrected chi connectivity index (χ3v) is 8.37. The summed E-state index contributed by atoms with van der Waals surface area (Å²) < 4.78 is 70.1. The van der Waals surface area contributed by atoms with Crippen LogP contribution < -0.4 is 11.1 Å². The molecule has 15 nitrogen and oxygen atoms in total. The van der Waals surface area contributed by atoms with Gasteiger partial charge in [-0.2, -0.15) is 13.2 Å². The van der Waals surface area contributed by atoms with Gasteiger partial charge in [-0.05, 0) is 6.92 Å². The molecule has 3 aliphatic heterocycles. The number of nitrogens with one attached hydrogen (secondary N) is 1. The summed E-state index contributed by atoms with van der Waals surface area (Å²) in [5.41, 5.74) is 4.16. The van der Waals surface area contributed by atoms with Crippen LogP contribution in [0.1, 0.15) is 13.3 Å². The number of hydrogen-bond acceptors (Lipinski definition) is 14.